The lowest BCUT2D eigenvalue weighted by Crippen LogP contribution is -2.65. The minimum atomic E-state index is -0.807. The van der Waals surface area contributed by atoms with Crippen LogP contribution in [0.3, 0.4) is 0 Å². The average Bonchev–Trinajstić information content (AvgIpc) is 2.66. The number of amides is 2. The molecule has 4 rings (SSSR count). The number of nitrogens with one attached hydrogen (secondary N) is 1. The summed E-state index contributed by atoms with van der Waals surface area (Å²) in [5.41, 5.74) is 2.37. The van der Waals surface area contributed by atoms with E-state index in [1.165, 1.54) is 7.11 Å². The Morgan fingerprint density at radius 1 is 1.33 bits per heavy atom. The number of aryl methyl sites for hydroxylation is 1. The van der Waals surface area contributed by atoms with Gasteiger partial charge in [-0.25, -0.2) is 9.59 Å². The van der Waals surface area contributed by atoms with Crippen molar-refractivity contribution in [3.05, 3.63) is 59.2 Å². The highest BCUT2D eigenvalue weighted by Gasteiger charge is 2.50. The number of anilines is 1. The number of rotatable bonds is 3. The van der Waals surface area contributed by atoms with Gasteiger partial charge in [0.25, 0.3) is 0 Å². The summed E-state index contributed by atoms with van der Waals surface area (Å²) >= 11 is 0. The van der Waals surface area contributed by atoms with Gasteiger partial charge in [-0.3, -0.25) is 4.90 Å². The van der Waals surface area contributed by atoms with Crippen molar-refractivity contribution in [2.24, 2.45) is 0 Å². The Hall–Kier alpha value is -3.02. The number of carbonyl (C=O) groups is 2. The van der Waals surface area contributed by atoms with Crippen molar-refractivity contribution >= 4 is 17.7 Å². The Morgan fingerprint density at radius 3 is 2.85 bits per heavy atom. The fourth-order valence-electron chi connectivity index (χ4n) is 4.01. The Balaban J connectivity index is 1.77. The summed E-state index contributed by atoms with van der Waals surface area (Å²) in [4.78, 5) is 26.6. The number of carbonyl (C=O) groups excluding carboxylic acids is 2. The van der Waals surface area contributed by atoms with E-state index in [-0.39, 0.29) is 12.1 Å². The molecule has 2 aromatic rings. The number of benzene rings is 2. The van der Waals surface area contributed by atoms with E-state index in [2.05, 4.69) is 12.2 Å². The van der Waals surface area contributed by atoms with E-state index in [0.717, 1.165) is 23.2 Å². The van der Waals surface area contributed by atoms with Gasteiger partial charge in [-0.05, 0) is 43.2 Å². The highest BCUT2D eigenvalue weighted by molar-refractivity contribution is 5.96. The number of methoxy groups -OCH3 is 1. The van der Waals surface area contributed by atoms with Crippen molar-refractivity contribution in [3.63, 3.8) is 0 Å². The maximum absolute atomic E-state index is 13.0. The monoisotopic (exact) mass is 366 g/mol. The predicted molar refractivity (Wildman–Crippen MR) is 101 cm³/mol. The van der Waals surface area contributed by atoms with Gasteiger partial charge in [0, 0.05) is 12.0 Å². The Labute approximate surface area is 158 Å². The molecule has 2 heterocycles. The number of fused-ring (bicyclic) bond motifs is 4. The number of urea groups is 1. The molecular weight excluding hydrogens is 344 g/mol. The molecule has 2 atom stereocenters. The average molecular weight is 366 g/mol. The van der Waals surface area contributed by atoms with Gasteiger partial charge < -0.3 is 14.8 Å². The third-order valence-corrected chi connectivity index (χ3v) is 5.31. The van der Waals surface area contributed by atoms with Gasteiger partial charge in [0.1, 0.15) is 5.75 Å². The molecule has 1 N–H and O–H groups in total. The fraction of sp³-hybridized carbons (Fsp3) is 0.333. The predicted octanol–water partition coefficient (Wildman–Crippen LogP) is 3.81. The standard InChI is InChI=1S/C21H22N2O4/c1-4-13-7-5-6-8-17(13)23-20(25)22-16-12-21(23,2)27-18-10-9-14(11-15(16)18)19(24)26-3/h5-11,16H,4,12H2,1-3H3,(H,22,25)/t16-,21-/m1/s1. The summed E-state index contributed by atoms with van der Waals surface area (Å²) in [6, 6.07) is 12.6. The van der Waals surface area contributed by atoms with E-state index in [1.54, 1.807) is 23.1 Å². The van der Waals surface area contributed by atoms with E-state index in [9.17, 15) is 9.59 Å². The SMILES string of the molecule is CCc1ccccc1N1C(=O)N[C@@H]2C[C@@]1(C)Oc1ccc(C(=O)OC)cc12. The van der Waals surface area contributed by atoms with Crippen molar-refractivity contribution in [1.82, 2.24) is 5.32 Å². The normalized spacial score (nSPS) is 23.1. The zero-order valence-corrected chi connectivity index (χ0v) is 15.6. The quantitative estimate of drug-likeness (QED) is 0.839. The molecule has 0 saturated carbocycles. The van der Waals surface area contributed by atoms with Crippen LogP contribution in [0.5, 0.6) is 5.75 Å². The first kappa shape index (κ1) is 17.4. The maximum Gasteiger partial charge on any atom is 0.337 e. The van der Waals surface area contributed by atoms with Crippen LogP contribution in [0.4, 0.5) is 10.5 Å². The molecule has 0 radical (unpaired) electrons. The zero-order chi connectivity index (χ0) is 19.2. The van der Waals surface area contributed by atoms with Gasteiger partial charge in [0.05, 0.1) is 24.4 Å². The highest BCUT2D eigenvalue weighted by Crippen LogP contribution is 2.46. The second-order valence-electron chi connectivity index (χ2n) is 7.05. The Kier molecular flexibility index (Phi) is 4.06. The molecule has 0 aromatic heterocycles. The molecule has 2 aliphatic rings. The van der Waals surface area contributed by atoms with Crippen molar-refractivity contribution in [1.29, 1.82) is 0 Å². The minimum Gasteiger partial charge on any atom is -0.467 e. The first-order chi connectivity index (χ1) is 13.0. The number of hydrogen-bond acceptors (Lipinski definition) is 4. The molecule has 2 aromatic carbocycles. The molecule has 6 nitrogen and oxygen atoms in total. The van der Waals surface area contributed by atoms with Gasteiger partial charge in [-0.1, -0.05) is 25.1 Å². The summed E-state index contributed by atoms with van der Waals surface area (Å²) in [6.45, 7) is 4.00. The van der Waals surface area contributed by atoms with Crippen LogP contribution < -0.4 is 15.0 Å². The van der Waals surface area contributed by atoms with E-state index in [4.69, 9.17) is 9.47 Å². The topological polar surface area (TPSA) is 67.9 Å². The Morgan fingerprint density at radius 2 is 2.11 bits per heavy atom. The highest BCUT2D eigenvalue weighted by atomic mass is 16.5. The molecule has 0 spiro atoms. The van der Waals surface area contributed by atoms with Crippen LogP contribution >= 0.6 is 0 Å². The number of hydrogen-bond donors (Lipinski definition) is 1. The second-order valence-corrected chi connectivity index (χ2v) is 7.05. The van der Waals surface area contributed by atoms with Crippen molar-refractivity contribution in [2.45, 2.75) is 38.5 Å². The molecule has 2 bridgehead atoms. The maximum atomic E-state index is 13.0. The fourth-order valence-corrected chi connectivity index (χ4v) is 4.01. The third kappa shape index (κ3) is 2.72. The molecular formula is C21H22N2O4. The smallest absolute Gasteiger partial charge is 0.337 e. The summed E-state index contributed by atoms with van der Waals surface area (Å²) < 4.78 is 11.1. The molecule has 6 heteroatoms. The Bertz CT molecular complexity index is 926. The zero-order valence-electron chi connectivity index (χ0n) is 15.6. The van der Waals surface area contributed by atoms with Gasteiger partial charge >= 0.3 is 12.0 Å². The molecule has 2 amide bonds. The third-order valence-electron chi connectivity index (χ3n) is 5.31. The minimum absolute atomic E-state index is 0.205. The van der Waals surface area contributed by atoms with Crippen LogP contribution in [-0.2, 0) is 11.2 Å². The molecule has 1 fully saturated rings. The van der Waals surface area contributed by atoms with E-state index < -0.39 is 11.7 Å². The molecule has 1 saturated heterocycles. The van der Waals surface area contributed by atoms with Crippen LogP contribution in [0.15, 0.2) is 42.5 Å². The van der Waals surface area contributed by atoms with Gasteiger partial charge in [-0.2, -0.15) is 0 Å². The largest absolute Gasteiger partial charge is 0.467 e. The van der Waals surface area contributed by atoms with E-state index in [1.807, 2.05) is 31.2 Å². The second kappa shape index (κ2) is 6.30. The summed E-state index contributed by atoms with van der Waals surface area (Å²) in [5.74, 6) is 0.257. The summed E-state index contributed by atoms with van der Waals surface area (Å²) in [7, 11) is 1.35. The number of ether oxygens (including phenoxy) is 2. The van der Waals surface area contributed by atoms with Crippen LogP contribution in [0, 0.1) is 0 Å². The van der Waals surface area contributed by atoms with Crippen molar-refractivity contribution < 1.29 is 19.1 Å². The van der Waals surface area contributed by atoms with E-state index >= 15 is 0 Å². The first-order valence-electron chi connectivity index (χ1n) is 9.06. The van der Waals surface area contributed by atoms with Crippen LogP contribution in [0.25, 0.3) is 0 Å². The lowest BCUT2D eigenvalue weighted by atomic mass is 9.89. The van der Waals surface area contributed by atoms with Crippen LogP contribution in [0.2, 0.25) is 0 Å². The molecule has 0 unspecified atom stereocenters. The lowest BCUT2D eigenvalue weighted by Gasteiger charge is -2.51. The molecule has 27 heavy (non-hydrogen) atoms. The lowest BCUT2D eigenvalue weighted by molar-refractivity contribution is 0.0376. The summed E-state index contributed by atoms with van der Waals surface area (Å²) in [6.07, 6.45) is 1.40. The molecule has 140 valence electrons. The van der Waals surface area contributed by atoms with Crippen LogP contribution in [0.1, 0.15) is 47.8 Å². The molecule has 2 aliphatic heterocycles. The first-order valence-corrected chi connectivity index (χ1v) is 9.06. The molecule has 0 aliphatic carbocycles. The van der Waals surface area contributed by atoms with Gasteiger partial charge in [-0.15, -0.1) is 0 Å². The number of para-hydroxylation sites is 1. The van der Waals surface area contributed by atoms with Gasteiger partial charge in [0.2, 0.25) is 0 Å². The van der Waals surface area contributed by atoms with E-state index in [0.29, 0.717) is 17.7 Å². The number of esters is 1. The van der Waals surface area contributed by atoms with Crippen LogP contribution in [-0.4, -0.2) is 24.8 Å². The van der Waals surface area contributed by atoms with Crippen molar-refractivity contribution in [3.8, 4) is 5.75 Å². The van der Waals surface area contributed by atoms with Gasteiger partial charge in [0.15, 0.2) is 5.72 Å². The van der Waals surface area contributed by atoms with Crippen molar-refractivity contribution in [2.75, 3.05) is 12.0 Å². The summed E-state index contributed by atoms with van der Waals surface area (Å²) in [5, 5.41) is 3.07. The number of nitrogens with zero attached hydrogens (tertiary/aromatic N) is 1.